The van der Waals surface area contributed by atoms with Crippen LogP contribution >= 0.6 is 11.6 Å². The average molecular weight is 347 g/mol. The van der Waals surface area contributed by atoms with E-state index in [0.29, 0.717) is 18.9 Å². The zero-order chi connectivity index (χ0) is 17.5. The lowest BCUT2D eigenvalue weighted by Crippen LogP contribution is -2.34. The fourth-order valence-electron chi connectivity index (χ4n) is 2.82. The van der Waals surface area contributed by atoms with E-state index >= 15 is 0 Å². The van der Waals surface area contributed by atoms with E-state index in [1.807, 2.05) is 42.2 Å². The van der Waals surface area contributed by atoms with Crippen molar-refractivity contribution in [2.24, 2.45) is 5.92 Å². The smallest absolute Gasteiger partial charge is 0.222 e. The molecule has 130 valence electrons. The van der Waals surface area contributed by atoms with Gasteiger partial charge in [0.15, 0.2) is 0 Å². The van der Waals surface area contributed by atoms with Crippen LogP contribution in [0.15, 0.2) is 42.6 Å². The molecule has 0 unspecified atom stereocenters. The normalized spacial score (nSPS) is 11.0. The van der Waals surface area contributed by atoms with Crippen molar-refractivity contribution in [3.05, 3.63) is 58.9 Å². The zero-order valence-electron chi connectivity index (χ0n) is 14.8. The number of hydrogen-bond donors (Lipinski definition) is 0. The molecule has 1 amide bonds. The Bertz CT molecular complexity index is 663. The molecular weight excluding hydrogens is 320 g/mol. The molecule has 2 rings (SSSR count). The Morgan fingerprint density at radius 2 is 1.96 bits per heavy atom. The van der Waals surface area contributed by atoms with E-state index in [2.05, 4.69) is 30.7 Å². The maximum absolute atomic E-state index is 12.4. The van der Waals surface area contributed by atoms with E-state index in [9.17, 15) is 4.79 Å². The van der Waals surface area contributed by atoms with Crippen molar-refractivity contribution in [3.63, 3.8) is 0 Å². The van der Waals surface area contributed by atoms with Crippen molar-refractivity contribution >= 4 is 17.5 Å². The van der Waals surface area contributed by atoms with Gasteiger partial charge >= 0.3 is 0 Å². The molecule has 0 radical (unpaired) electrons. The van der Waals surface area contributed by atoms with Crippen LogP contribution in [-0.4, -0.2) is 21.9 Å². The summed E-state index contributed by atoms with van der Waals surface area (Å²) < 4.78 is 2.17. The van der Waals surface area contributed by atoms with Crippen molar-refractivity contribution in [1.29, 1.82) is 0 Å². The Balaban J connectivity index is 2.15. The summed E-state index contributed by atoms with van der Waals surface area (Å²) in [6, 6.07) is 12.0. The average Bonchev–Trinajstić information content (AvgIpc) is 2.96. The minimum atomic E-state index is 0.233. The van der Waals surface area contributed by atoms with Crippen LogP contribution < -0.4 is 0 Å². The van der Waals surface area contributed by atoms with Gasteiger partial charge in [-0.2, -0.15) is 0 Å². The number of halogens is 1. The van der Waals surface area contributed by atoms with Gasteiger partial charge in [0.2, 0.25) is 5.91 Å². The van der Waals surface area contributed by atoms with Gasteiger partial charge in [0.25, 0.3) is 0 Å². The van der Waals surface area contributed by atoms with Crippen molar-refractivity contribution < 1.29 is 4.79 Å². The Hall–Kier alpha value is -1.74. The second-order valence-corrected chi connectivity index (χ2v) is 7.04. The molecule has 4 heteroatoms. The third-order valence-electron chi connectivity index (χ3n) is 3.98. The minimum absolute atomic E-state index is 0.233. The Kier molecular flexibility index (Phi) is 6.92. The number of hydrogen-bond acceptors (Lipinski definition) is 1. The highest BCUT2D eigenvalue weighted by Crippen LogP contribution is 2.18. The van der Waals surface area contributed by atoms with Gasteiger partial charge in [-0.05, 0) is 36.1 Å². The number of benzene rings is 1. The number of carbonyl (C=O) groups excluding carboxylic acids is 1. The van der Waals surface area contributed by atoms with Crippen molar-refractivity contribution in [3.8, 4) is 0 Å². The summed E-state index contributed by atoms with van der Waals surface area (Å²) in [7, 11) is 0. The van der Waals surface area contributed by atoms with Crippen LogP contribution in [0, 0.1) is 5.92 Å². The number of carbonyl (C=O) groups is 1. The quantitative estimate of drug-likeness (QED) is 0.662. The van der Waals surface area contributed by atoms with Crippen molar-refractivity contribution in [2.45, 2.75) is 46.7 Å². The molecule has 0 N–H and O–H groups in total. The van der Waals surface area contributed by atoms with Crippen LogP contribution in [0.1, 0.15) is 44.9 Å². The molecule has 24 heavy (non-hydrogen) atoms. The lowest BCUT2D eigenvalue weighted by Gasteiger charge is -2.25. The lowest BCUT2D eigenvalue weighted by molar-refractivity contribution is -0.132. The van der Waals surface area contributed by atoms with Gasteiger partial charge < -0.3 is 9.47 Å². The van der Waals surface area contributed by atoms with Gasteiger partial charge in [0.1, 0.15) is 0 Å². The van der Waals surface area contributed by atoms with Crippen LogP contribution in [0.4, 0.5) is 0 Å². The first kappa shape index (κ1) is 18.6. The Morgan fingerprint density at radius 1 is 1.21 bits per heavy atom. The van der Waals surface area contributed by atoms with Gasteiger partial charge in [-0.15, -0.1) is 0 Å². The van der Waals surface area contributed by atoms with Crippen molar-refractivity contribution in [2.75, 3.05) is 6.54 Å². The molecule has 0 atom stereocenters. The third-order valence-corrected chi connectivity index (χ3v) is 4.35. The van der Waals surface area contributed by atoms with E-state index in [-0.39, 0.29) is 5.91 Å². The predicted octanol–water partition coefficient (Wildman–Crippen LogP) is 4.97. The van der Waals surface area contributed by atoms with Gasteiger partial charge in [-0.25, -0.2) is 0 Å². The van der Waals surface area contributed by atoms with Crippen LogP contribution in [0.25, 0.3) is 0 Å². The molecular formula is C20H27ClN2O. The van der Waals surface area contributed by atoms with Crippen LogP contribution in [0.3, 0.4) is 0 Å². The highest BCUT2D eigenvalue weighted by atomic mass is 35.5. The molecule has 3 nitrogen and oxygen atoms in total. The fourth-order valence-corrected chi connectivity index (χ4v) is 3.02. The molecule has 1 heterocycles. The van der Waals surface area contributed by atoms with Gasteiger partial charge in [-0.1, -0.05) is 50.6 Å². The summed E-state index contributed by atoms with van der Waals surface area (Å²) >= 11 is 6.28. The number of amides is 1. The first-order valence-electron chi connectivity index (χ1n) is 8.66. The largest absolute Gasteiger partial charge is 0.345 e. The molecule has 0 aliphatic carbocycles. The fraction of sp³-hybridized carbons (Fsp3) is 0.450. The Labute approximate surface area is 150 Å². The molecule has 1 aromatic heterocycles. The molecule has 0 aliphatic heterocycles. The number of rotatable bonds is 8. The molecule has 2 aromatic rings. The monoisotopic (exact) mass is 346 g/mol. The van der Waals surface area contributed by atoms with E-state index in [4.69, 9.17) is 11.6 Å². The summed E-state index contributed by atoms with van der Waals surface area (Å²) in [6.45, 7) is 8.50. The highest BCUT2D eigenvalue weighted by Gasteiger charge is 2.16. The molecule has 1 aromatic carbocycles. The van der Waals surface area contributed by atoms with E-state index < -0.39 is 0 Å². The predicted molar refractivity (Wildman–Crippen MR) is 100 cm³/mol. The van der Waals surface area contributed by atoms with E-state index in [1.165, 1.54) is 0 Å². The Morgan fingerprint density at radius 3 is 2.62 bits per heavy atom. The second-order valence-electron chi connectivity index (χ2n) is 6.64. The maximum atomic E-state index is 12.4. The number of nitrogens with zero attached hydrogens (tertiary/aromatic N) is 2. The molecule has 0 spiro atoms. The first-order chi connectivity index (χ1) is 11.5. The standard InChI is InChI=1S/C20H27ClN2O/c1-4-8-20(24)23(13-16(2)3)15-18-10-7-12-22(18)14-17-9-5-6-11-19(17)21/h5-7,9-12,16H,4,8,13-15H2,1-3H3. The topological polar surface area (TPSA) is 25.2 Å². The minimum Gasteiger partial charge on any atom is -0.345 e. The summed E-state index contributed by atoms with van der Waals surface area (Å²) in [5.74, 6) is 0.689. The third kappa shape index (κ3) is 5.13. The second kappa shape index (κ2) is 8.93. The summed E-state index contributed by atoms with van der Waals surface area (Å²) in [5, 5.41) is 0.776. The van der Waals surface area contributed by atoms with Gasteiger partial charge in [-0.3, -0.25) is 4.79 Å². The van der Waals surface area contributed by atoms with Gasteiger partial charge in [0, 0.05) is 36.4 Å². The SMILES string of the molecule is CCCC(=O)N(Cc1cccn1Cc1ccccc1Cl)CC(C)C. The van der Waals surface area contributed by atoms with E-state index in [1.54, 1.807) is 0 Å². The van der Waals surface area contributed by atoms with Gasteiger partial charge in [0.05, 0.1) is 6.54 Å². The number of aromatic nitrogens is 1. The van der Waals surface area contributed by atoms with Crippen LogP contribution in [0.2, 0.25) is 5.02 Å². The molecule has 0 saturated heterocycles. The zero-order valence-corrected chi connectivity index (χ0v) is 15.6. The lowest BCUT2D eigenvalue weighted by atomic mass is 10.1. The molecule has 0 bridgehead atoms. The van der Waals surface area contributed by atoms with Crippen LogP contribution in [-0.2, 0) is 17.9 Å². The highest BCUT2D eigenvalue weighted by molar-refractivity contribution is 6.31. The van der Waals surface area contributed by atoms with E-state index in [0.717, 1.165) is 35.8 Å². The molecule has 0 aliphatic rings. The summed E-state index contributed by atoms with van der Waals surface area (Å²) in [6.07, 6.45) is 3.54. The summed E-state index contributed by atoms with van der Waals surface area (Å²) in [5.41, 5.74) is 2.23. The van der Waals surface area contributed by atoms with Crippen molar-refractivity contribution in [1.82, 2.24) is 9.47 Å². The molecule has 0 fully saturated rings. The maximum Gasteiger partial charge on any atom is 0.222 e. The van der Waals surface area contributed by atoms with Crippen LogP contribution in [0.5, 0.6) is 0 Å². The molecule has 0 saturated carbocycles. The first-order valence-corrected chi connectivity index (χ1v) is 9.04. The summed E-state index contributed by atoms with van der Waals surface area (Å²) in [4.78, 5) is 14.4.